The van der Waals surface area contributed by atoms with Gasteiger partial charge in [-0.15, -0.1) is 0 Å². The molecule has 1 N–H and O–H groups in total. The molecule has 1 saturated heterocycles. The zero-order chi connectivity index (χ0) is 14.5. The molecule has 1 aromatic rings. The Labute approximate surface area is 115 Å². The van der Waals surface area contributed by atoms with Crippen molar-refractivity contribution in [3.05, 3.63) is 34.2 Å². The minimum atomic E-state index is -0.771. The SMILES string of the molecule is O=CCNC(=O)c1cccn(CCN2CC(F)C2)c1=O. The molecule has 0 bridgehead atoms. The summed E-state index contributed by atoms with van der Waals surface area (Å²) in [5, 5.41) is 2.33. The van der Waals surface area contributed by atoms with E-state index in [-0.39, 0.29) is 12.1 Å². The Morgan fingerprint density at radius 3 is 2.85 bits per heavy atom. The molecule has 0 aliphatic carbocycles. The van der Waals surface area contributed by atoms with Crippen LogP contribution < -0.4 is 10.9 Å². The van der Waals surface area contributed by atoms with E-state index >= 15 is 0 Å². The summed E-state index contributed by atoms with van der Waals surface area (Å²) in [7, 11) is 0. The molecule has 1 aromatic heterocycles. The van der Waals surface area contributed by atoms with E-state index in [0.29, 0.717) is 32.5 Å². The lowest BCUT2D eigenvalue weighted by Gasteiger charge is -2.34. The number of carbonyl (C=O) groups is 2. The topological polar surface area (TPSA) is 71.4 Å². The fourth-order valence-electron chi connectivity index (χ4n) is 2.05. The molecule has 0 radical (unpaired) electrons. The van der Waals surface area contributed by atoms with Gasteiger partial charge in [-0.05, 0) is 12.1 Å². The number of amides is 1. The molecule has 0 spiro atoms. The van der Waals surface area contributed by atoms with Gasteiger partial charge in [-0.1, -0.05) is 0 Å². The summed E-state index contributed by atoms with van der Waals surface area (Å²) in [5.74, 6) is -0.566. The van der Waals surface area contributed by atoms with E-state index in [1.54, 1.807) is 12.3 Å². The third-order valence-corrected chi connectivity index (χ3v) is 3.18. The summed E-state index contributed by atoms with van der Waals surface area (Å²) in [6, 6.07) is 3.02. The maximum Gasteiger partial charge on any atom is 0.263 e. The molecule has 0 saturated carbocycles. The van der Waals surface area contributed by atoms with Crippen LogP contribution in [0.25, 0.3) is 0 Å². The standard InChI is InChI=1S/C13H16FN3O3/c14-10-8-16(9-10)5-6-17-4-1-2-11(13(17)20)12(19)15-3-7-18/h1-2,4,7,10H,3,5-6,8-9H2,(H,15,19). The van der Waals surface area contributed by atoms with Gasteiger partial charge in [-0.25, -0.2) is 4.39 Å². The second kappa shape index (κ2) is 6.42. The molecule has 1 aliphatic rings. The second-order valence-corrected chi connectivity index (χ2v) is 4.65. The number of pyridine rings is 1. The van der Waals surface area contributed by atoms with Crippen LogP contribution in [0.3, 0.4) is 0 Å². The summed E-state index contributed by atoms with van der Waals surface area (Å²) in [6.45, 7) is 1.64. The first-order valence-corrected chi connectivity index (χ1v) is 6.39. The Morgan fingerprint density at radius 2 is 2.20 bits per heavy atom. The predicted molar refractivity (Wildman–Crippen MR) is 70.4 cm³/mol. The Kier molecular flexibility index (Phi) is 4.62. The van der Waals surface area contributed by atoms with Gasteiger partial charge in [0.15, 0.2) is 0 Å². The summed E-state index contributed by atoms with van der Waals surface area (Å²) in [6.07, 6.45) is 1.37. The van der Waals surface area contributed by atoms with E-state index in [1.807, 2.05) is 4.90 Å². The first kappa shape index (κ1) is 14.4. The van der Waals surface area contributed by atoms with Gasteiger partial charge in [-0.3, -0.25) is 14.5 Å². The van der Waals surface area contributed by atoms with Crippen molar-refractivity contribution in [1.82, 2.24) is 14.8 Å². The van der Waals surface area contributed by atoms with Crippen LogP contribution >= 0.6 is 0 Å². The lowest BCUT2D eigenvalue weighted by Crippen LogP contribution is -2.49. The molecule has 1 aliphatic heterocycles. The molecule has 2 heterocycles. The summed E-state index contributed by atoms with van der Waals surface area (Å²) in [4.78, 5) is 35.9. The van der Waals surface area contributed by atoms with Gasteiger partial charge in [-0.2, -0.15) is 0 Å². The molecule has 1 amide bonds. The number of alkyl halides is 1. The van der Waals surface area contributed by atoms with E-state index in [0.717, 1.165) is 0 Å². The number of likely N-dealkylation sites (tertiary alicyclic amines) is 1. The van der Waals surface area contributed by atoms with Crippen molar-refractivity contribution >= 4 is 12.2 Å². The zero-order valence-electron chi connectivity index (χ0n) is 10.9. The second-order valence-electron chi connectivity index (χ2n) is 4.65. The maximum absolute atomic E-state index is 12.7. The van der Waals surface area contributed by atoms with Crippen molar-refractivity contribution in [2.45, 2.75) is 12.7 Å². The predicted octanol–water partition coefficient (Wildman–Crippen LogP) is -0.569. The van der Waals surface area contributed by atoms with Crippen LogP contribution in [0.15, 0.2) is 23.1 Å². The van der Waals surface area contributed by atoms with Crippen molar-refractivity contribution in [3.8, 4) is 0 Å². The Balaban J connectivity index is 2.01. The minimum absolute atomic E-state index is 0.00123. The smallest absolute Gasteiger partial charge is 0.263 e. The quantitative estimate of drug-likeness (QED) is 0.709. The lowest BCUT2D eigenvalue weighted by molar-refractivity contribution is -0.107. The third kappa shape index (κ3) is 3.30. The minimum Gasteiger partial charge on any atom is -0.345 e. The van der Waals surface area contributed by atoms with E-state index in [4.69, 9.17) is 0 Å². The summed E-state index contributed by atoms with van der Waals surface area (Å²) >= 11 is 0. The van der Waals surface area contributed by atoms with E-state index in [9.17, 15) is 18.8 Å². The number of hydrogen-bond donors (Lipinski definition) is 1. The van der Waals surface area contributed by atoms with Crippen molar-refractivity contribution in [2.24, 2.45) is 0 Å². The Morgan fingerprint density at radius 1 is 1.45 bits per heavy atom. The van der Waals surface area contributed by atoms with Crippen LogP contribution in [0.5, 0.6) is 0 Å². The van der Waals surface area contributed by atoms with Gasteiger partial charge >= 0.3 is 0 Å². The van der Waals surface area contributed by atoms with Gasteiger partial charge in [0.1, 0.15) is 18.0 Å². The van der Waals surface area contributed by atoms with Crippen LogP contribution in [0.4, 0.5) is 4.39 Å². The first-order valence-electron chi connectivity index (χ1n) is 6.39. The number of rotatable bonds is 6. The molecule has 7 heteroatoms. The highest BCUT2D eigenvalue weighted by molar-refractivity contribution is 5.94. The highest BCUT2D eigenvalue weighted by Crippen LogP contribution is 2.10. The fourth-order valence-corrected chi connectivity index (χ4v) is 2.05. The number of aldehydes is 1. The average Bonchev–Trinajstić information content (AvgIpc) is 2.41. The van der Waals surface area contributed by atoms with Gasteiger partial charge in [0, 0.05) is 32.4 Å². The average molecular weight is 281 g/mol. The molecule has 6 nitrogen and oxygen atoms in total. The molecule has 108 valence electrons. The van der Waals surface area contributed by atoms with Gasteiger partial charge < -0.3 is 14.7 Å². The normalized spacial score (nSPS) is 15.7. The van der Waals surface area contributed by atoms with Gasteiger partial charge in [0.2, 0.25) is 0 Å². The number of nitrogens with zero attached hydrogens (tertiary/aromatic N) is 2. The molecular formula is C13H16FN3O3. The highest BCUT2D eigenvalue weighted by Gasteiger charge is 2.25. The molecule has 1 fully saturated rings. The number of carbonyl (C=O) groups excluding carboxylic acids is 2. The lowest BCUT2D eigenvalue weighted by atomic mass is 10.2. The number of halogens is 1. The summed E-state index contributed by atoms with van der Waals surface area (Å²) < 4.78 is 14.1. The van der Waals surface area contributed by atoms with Crippen LogP contribution in [0, 0.1) is 0 Å². The Bertz CT molecular complexity index is 552. The van der Waals surface area contributed by atoms with E-state index < -0.39 is 17.6 Å². The number of aromatic nitrogens is 1. The number of hydrogen-bond acceptors (Lipinski definition) is 4. The first-order chi connectivity index (χ1) is 9.61. The zero-order valence-corrected chi connectivity index (χ0v) is 10.9. The van der Waals surface area contributed by atoms with Crippen molar-refractivity contribution in [1.29, 1.82) is 0 Å². The molecular weight excluding hydrogens is 265 g/mol. The molecule has 2 rings (SSSR count). The van der Waals surface area contributed by atoms with Crippen molar-refractivity contribution < 1.29 is 14.0 Å². The summed E-state index contributed by atoms with van der Waals surface area (Å²) in [5.41, 5.74) is -0.408. The van der Waals surface area contributed by atoms with Crippen LogP contribution in [0.1, 0.15) is 10.4 Å². The Hall–Kier alpha value is -2.02. The van der Waals surface area contributed by atoms with Crippen LogP contribution in [-0.2, 0) is 11.3 Å². The molecule has 0 atom stereocenters. The highest BCUT2D eigenvalue weighted by atomic mass is 19.1. The van der Waals surface area contributed by atoms with Crippen molar-refractivity contribution in [2.75, 3.05) is 26.2 Å². The number of nitrogens with one attached hydrogen (secondary N) is 1. The molecule has 0 unspecified atom stereocenters. The maximum atomic E-state index is 12.7. The van der Waals surface area contributed by atoms with Crippen LogP contribution in [0.2, 0.25) is 0 Å². The van der Waals surface area contributed by atoms with Gasteiger partial charge in [0.05, 0.1) is 6.54 Å². The largest absolute Gasteiger partial charge is 0.345 e. The monoisotopic (exact) mass is 281 g/mol. The third-order valence-electron chi connectivity index (χ3n) is 3.18. The van der Waals surface area contributed by atoms with Crippen molar-refractivity contribution in [3.63, 3.8) is 0 Å². The van der Waals surface area contributed by atoms with E-state index in [2.05, 4.69) is 5.32 Å². The molecule has 0 aromatic carbocycles. The van der Waals surface area contributed by atoms with E-state index in [1.165, 1.54) is 10.6 Å². The fraction of sp³-hybridized carbons (Fsp3) is 0.462. The van der Waals surface area contributed by atoms with Gasteiger partial charge in [0.25, 0.3) is 11.5 Å². The van der Waals surface area contributed by atoms with Crippen LogP contribution in [-0.4, -0.2) is 54.0 Å². The molecule has 20 heavy (non-hydrogen) atoms.